The minimum absolute atomic E-state index is 0.284. The van der Waals surface area contributed by atoms with Crippen LogP contribution in [0.4, 0.5) is 0 Å². The molecule has 18 nitrogen and oxygen atoms in total. The van der Waals surface area contributed by atoms with Crippen LogP contribution in [0.2, 0.25) is 0 Å². The van der Waals surface area contributed by atoms with Gasteiger partial charge in [0.25, 0.3) is 0 Å². The summed E-state index contributed by atoms with van der Waals surface area (Å²) >= 11 is 0. The summed E-state index contributed by atoms with van der Waals surface area (Å²) in [5, 5.41) is 122. The van der Waals surface area contributed by atoms with E-state index in [0.29, 0.717) is 0 Å². The molecule has 2 rings (SSSR count). The average Bonchev–Trinajstić information content (AvgIpc) is 2.93. The Labute approximate surface area is 228 Å². The first-order valence-corrected chi connectivity index (χ1v) is 12.6. The molecule has 1 amide bonds. The summed E-state index contributed by atoms with van der Waals surface area (Å²) in [6.45, 7) is -2.25. The predicted octanol–water partition coefficient (Wildman–Crippen LogP) is -8.04. The number of hydrogen-bond donors (Lipinski definition) is 13. The van der Waals surface area contributed by atoms with Crippen molar-refractivity contribution in [1.82, 2.24) is 5.32 Å². The number of carbonyl (C=O) groups is 1. The molecule has 13 N–H and O–H groups in total. The lowest BCUT2D eigenvalue weighted by Gasteiger charge is -2.44. The van der Waals surface area contributed by atoms with Crippen molar-refractivity contribution >= 4 is 5.91 Å². The Kier molecular flexibility index (Phi) is 13.9. The average molecular weight is 592 g/mol. The van der Waals surface area contributed by atoms with Crippen LogP contribution in [0.25, 0.3) is 0 Å². The lowest BCUT2D eigenvalue weighted by molar-refractivity contribution is -0.336. The van der Waals surface area contributed by atoms with Crippen LogP contribution in [0.1, 0.15) is 13.3 Å². The van der Waals surface area contributed by atoms with E-state index < -0.39 is 124 Å². The van der Waals surface area contributed by atoms with E-state index in [1.165, 1.54) is 0 Å². The summed E-state index contributed by atoms with van der Waals surface area (Å²) in [4.78, 5) is 11.6. The highest BCUT2D eigenvalue weighted by atomic mass is 16.7. The van der Waals surface area contributed by atoms with Crippen LogP contribution in [0.15, 0.2) is 0 Å². The molecule has 2 fully saturated rings. The number of carbonyl (C=O) groups excluding carboxylic acids is 1. The van der Waals surface area contributed by atoms with Crippen LogP contribution in [0.5, 0.6) is 0 Å². The summed E-state index contributed by atoms with van der Waals surface area (Å²) in [6, 6.07) is -1.20. The fourth-order valence-corrected chi connectivity index (χ4v) is 4.37. The number of amides is 1. The molecule has 2 aliphatic rings. The summed E-state index contributed by atoms with van der Waals surface area (Å²) in [7, 11) is 0. The third kappa shape index (κ3) is 8.67. The van der Waals surface area contributed by atoms with E-state index in [9.17, 15) is 61.0 Å². The minimum Gasteiger partial charge on any atom is -0.394 e. The van der Waals surface area contributed by atoms with Crippen LogP contribution >= 0.6 is 0 Å². The van der Waals surface area contributed by atoms with Crippen molar-refractivity contribution in [2.45, 2.75) is 105 Å². The van der Waals surface area contributed by atoms with E-state index in [1.54, 1.807) is 0 Å². The molecule has 18 heteroatoms. The van der Waals surface area contributed by atoms with Crippen LogP contribution < -0.4 is 5.32 Å². The van der Waals surface area contributed by atoms with Gasteiger partial charge in [-0.2, -0.15) is 0 Å². The van der Waals surface area contributed by atoms with Crippen molar-refractivity contribution in [2.24, 2.45) is 0 Å². The van der Waals surface area contributed by atoms with Crippen LogP contribution in [0, 0.1) is 0 Å². The third-order valence-electron chi connectivity index (χ3n) is 6.69. The van der Waals surface area contributed by atoms with Crippen LogP contribution in [-0.2, 0) is 23.7 Å². The molecule has 0 spiro atoms. The standard InChI is InChI=1S/C22H41NO17/c1-7(27)23-14-8(28)2-13(39-21(14)16(33)10(30)4-25)37-6-12-17(34)18(35)19(36)22(38-12)40-20(11(31)5-26)15(32)9(29)3-24/h8-22,24-26,28-36H,2-6H2,1H3,(H,23,27)/t8-,9?,10-,11?,12?,13?,14-,15-,16-,17+,18+,19?,20-,21?,22+/m1/s1. The fraction of sp³-hybridized carbons (Fsp3) is 0.955. The molecule has 40 heavy (non-hydrogen) atoms. The van der Waals surface area contributed by atoms with Crippen molar-refractivity contribution in [3.8, 4) is 0 Å². The normalized spacial score (nSPS) is 37.7. The van der Waals surface area contributed by atoms with Gasteiger partial charge in [-0.05, 0) is 0 Å². The van der Waals surface area contributed by atoms with Gasteiger partial charge in [-0.1, -0.05) is 0 Å². The van der Waals surface area contributed by atoms with E-state index in [1.807, 2.05) is 0 Å². The van der Waals surface area contributed by atoms with Crippen LogP contribution in [-0.4, -0.2) is 185 Å². The minimum atomic E-state index is -1.98. The van der Waals surface area contributed by atoms with Gasteiger partial charge in [0.05, 0.1) is 38.6 Å². The molecule has 2 heterocycles. The monoisotopic (exact) mass is 591 g/mol. The highest BCUT2D eigenvalue weighted by Gasteiger charge is 2.48. The molecule has 15 atom stereocenters. The van der Waals surface area contributed by atoms with Gasteiger partial charge in [0, 0.05) is 13.3 Å². The molecule has 2 saturated heterocycles. The van der Waals surface area contributed by atoms with E-state index >= 15 is 0 Å². The molecule has 0 radical (unpaired) electrons. The highest BCUT2D eigenvalue weighted by molar-refractivity contribution is 5.73. The van der Waals surface area contributed by atoms with E-state index in [4.69, 9.17) is 24.1 Å². The SMILES string of the molecule is CC(=O)N[C@H]1C([C@H](O)[C@H](O)CO)OC(OCC2O[C@@H](O[C@H](C(O)CO)[C@H](O)C(O)CO)C(O)[C@@H](O)[C@H]2O)C[C@H]1O. The molecule has 236 valence electrons. The fourth-order valence-electron chi connectivity index (χ4n) is 4.37. The molecular formula is C22H41NO17. The van der Waals surface area contributed by atoms with Crippen molar-refractivity contribution in [1.29, 1.82) is 0 Å². The smallest absolute Gasteiger partial charge is 0.217 e. The highest BCUT2D eigenvalue weighted by Crippen LogP contribution is 2.28. The zero-order valence-electron chi connectivity index (χ0n) is 21.6. The maximum absolute atomic E-state index is 11.6. The molecule has 0 saturated carbocycles. The second-order valence-electron chi connectivity index (χ2n) is 9.74. The predicted molar refractivity (Wildman–Crippen MR) is 126 cm³/mol. The van der Waals surface area contributed by atoms with E-state index in [0.717, 1.165) is 6.92 Å². The summed E-state index contributed by atoms with van der Waals surface area (Å²) in [6.07, 6.45) is -24.4. The maximum Gasteiger partial charge on any atom is 0.217 e. The Morgan fingerprint density at radius 1 is 0.875 bits per heavy atom. The lowest BCUT2D eigenvalue weighted by Crippen LogP contribution is -2.63. The van der Waals surface area contributed by atoms with Gasteiger partial charge in [0.15, 0.2) is 12.6 Å². The van der Waals surface area contributed by atoms with Crippen molar-refractivity contribution in [3.05, 3.63) is 0 Å². The van der Waals surface area contributed by atoms with Crippen molar-refractivity contribution in [3.63, 3.8) is 0 Å². The number of aliphatic hydroxyl groups is 12. The van der Waals surface area contributed by atoms with Gasteiger partial charge >= 0.3 is 0 Å². The van der Waals surface area contributed by atoms with Gasteiger partial charge in [-0.25, -0.2) is 0 Å². The molecule has 2 aliphatic heterocycles. The first-order valence-electron chi connectivity index (χ1n) is 12.6. The van der Waals surface area contributed by atoms with Gasteiger partial charge in [-0.15, -0.1) is 0 Å². The quantitative estimate of drug-likeness (QED) is 0.0891. The number of nitrogens with one attached hydrogen (secondary N) is 1. The molecule has 0 aliphatic carbocycles. The topological polar surface area (TPSA) is 309 Å². The van der Waals surface area contributed by atoms with Crippen molar-refractivity contribution < 1.29 is 85.0 Å². The molecular weight excluding hydrogens is 550 g/mol. The Balaban J connectivity index is 2.14. The van der Waals surface area contributed by atoms with Gasteiger partial charge in [0.2, 0.25) is 5.91 Å². The summed E-state index contributed by atoms with van der Waals surface area (Å²) in [5.41, 5.74) is 0. The molecule has 0 aromatic rings. The first-order chi connectivity index (χ1) is 18.8. The third-order valence-corrected chi connectivity index (χ3v) is 6.69. The Hall–Kier alpha value is -1.17. The van der Waals surface area contributed by atoms with Gasteiger partial charge in [0.1, 0.15) is 67.1 Å². The molecule has 6 unspecified atom stereocenters. The number of ether oxygens (including phenoxy) is 4. The zero-order chi connectivity index (χ0) is 30.3. The Morgan fingerprint density at radius 3 is 2.02 bits per heavy atom. The number of aliphatic hydroxyl groups excluding tert-OH is 12. The van der Waals surface area contributed by atoms with Crippen LogP contribution in [0.3, 0.4) is 0 Å². The first kappa shape index (κ1) is 35.0. The molecule has 0 aromatic heterocycles. The largest absolute Gasteiger partial charge is 0.394 e. The molecule has 0 aromatic carbocycles. The van der Waals surface area contributed by atoms with Gasteiger partial charge < -0.3 is 85.5 Å². The lowest BCUT2D eigenvalue weighted by atomic mass is 9.92. The van der Waals surface area contributed by atoms with E-state index in [2.05, 4.69) is 5.32 Å². The second kappa shape index (κ2) is 15.9. The Bertz CT molecular complexity index is 765. The maximum atomic E-state index is 11.6. The van der Waals surface area contributed by atoms with Gasteiger partial charge in [-0.3, -0.25) is 4.79 Å². The summed E-state index contributed by atoms with van der Waals surface area (Å²) < 4.78 is 21.9. The summed E-state index contributed by atoms with van der Waals surface area (Å²) in [5.74, 6) is -0.582. The van der Waals surface area contributed by atoms with E-state index in [-0.39, 0.29) is 6.42 Å². The Morgan fingerprint density at radius 2 is 1.48 bits per heavy atom. The molecule has 0 bridgehead atoms. The number of hydrogen-bond acceptors (Lipinski definition) is 17. The second-order valence-corrected chi connectivity index (χ2v) is 9.74. The van der Waals surface area contributed by atoms with Crippen molar-refractivity contribution in [2.75, 3.05) is 26.4 Å². The number of rotatable bonds is 14. The zero-order valence-corrected chi connectivity index (χ0v) is 21.6.